The smallest absolute Gasteiger partial charge is 0.132 e. The number of likely N-dealkylation sites (N-methyl/N-ethyl adjacent to an activating group) is 1. The molecule has 0 radical (unpaired) electrons. The Bertz CT molecular complexity index is 873. The summed E-state index contributed by atoms with van der Waals surface area (Å²) in [5, 5.41) is 18.5. The molecular formula is C31H61N5O5. The van der Waals surface area contributed by atoms with E-state index in [1.807, 2.05) is 47.7 Å². The molecule has 0 aliphatic carbocycles. The molecule has 10 heteroatoms. The van der Waals surface area contributed by atoms with E-state index < -0.39 is 11.2 Å². The number of ketones is 1. The second kappa shape index (κ2) is 17.6. The van der Waals surface area contributed by atoms with Crippen LogP contribution in [0.3, 0.4) is 0 Å². The second-order valence-electron chi connectivity index (χ2n) is 12.9. The van der Waals surface area contributed by atoms with Crippen LogP contribution in [-0.4, -0.2) is 117 Å². The summed E-state index contributed by atoms with van der Waals surface area (Å²) in [6.07, 6.45) is 3.95. The largest absolute Gasteiger partial charge is 0.395 e. The molecule has 240 valence electrons. The average Bonchev–Trinajstić information content (AvgIpc) is 3.34. The molecule has 0 saturated carbocycles. The molecule has 0 bridgehead atoms. The number of nitrogens with zero attached hydrogens (tertiary/aromatic N) is 5. The standard InChI is InChI=1S/C29H55N5O5.C2H6/c1-10-32-12-13-34(26(20-32)21-35)27(4,5)11-15-37-24(3)17-25-19-33(31-30-25)14-16-38-29(8,9)22-39-28(6,7)18-23(2)36;1-2/h19,24,26,35H,10-18,20-22H2,1-9H3;1-2H3. The quantitative estimate of drug-likeness (QED) is 0.275. The van der Waals surface area contributed by atoms with Crippen molar-refractivity contribution in [2.24, 2.45) is 0 Å². The molecule has 0 amide bonds. The summed E-state index contributed by atoms with van der Waals surface area (Å²) in [5.41, 5.74) is -0.133. The number of piperazine rings is 1. The lowest BCUT2D eigenvalue weighted by Gasteiger charge is -2.48. The van der Waals surface area contributed by atoms with Crippen LogP contribution in [0.15, 0.2) is 6.20 Å². The first-order valence-corrected chi connectivity index (χ1v) is 15.5. The molecule has 1 fully saturated rings. The van der Waals surface area contributed by atoms with E-state index in [0.29, 0.717) is 39.2 Å². The Balaban J connectivity index is 0.00000411. The first-order chi connectivity index (χ1) is 19.2. The van der Waals surface area contributed by atoms with E-state index in [2.05, 4.69) is 47.8 Å². The van der Waals surface area contributed by atoms with Gasteiger partial charge in [-0.25, -0.2) is 4.68 Å². The zero-order valence-electron chi connectivity index (χ0n) is 28.0. The van der Waals surface area contributed by atoms with Gasteiger partial charge in [-0.2, -0.15) is 0 Å². The fraction of sp³-hybridized carbons (Fsp3) is 0.903. The first kappa shape index (κ1) is 37.6. The number of Topliss-reactive ketones (excluding diaryl/α,β-unsaturated/α-hetero) is 1. The third-order valence-electron chi connectivity index (χ3n) is 7.50. The molecule has 2 rings (SSSR count). The van der Waals surface area contributed by atoms with Crippen molar-refractivity contribution in [1.29, 1.82) is 0 Å². The normalized spacial score (nSPS) is 18.2. The van der Waals surface area contributed by atoms with Gasteiger partial charge in [0.25, 0.3) is 0 Å². The maximum absolute atomic E-state index is 11.4. The molecule has 2 heterocycles. The van der Waals surface area contributed by atoms with Crippen LogP contribution < -0.4 is 0 Å². The summed E-state index contributed by atoms with van der Waals surface area (Å²) in [5.74, 6) is 0.113. The zero-order chi connectivity index (χ0) is 31.3. The summed E-state index contributed by atoms with van der Waals surface area (Å²) < 4.78 is 20.0. The van der Waals surface area contributed by atoms with Crippen molar-refractivity contribution in [2.75, 3.05) is 52.6 Å². The van der Waals surface area contributed by atoms with Gasteiger partial charge in [0.2, 0.25) is 0 Å². The molecule has 1 aliphatic heterocycles. The van der Waals surface area contributed by atoms with E-state index in [0.717, 1.165) is 38.3 Å². The Morgan fingerprint density at radius 2 is 1.78 bits per heavy atom. The van der Waals surface area contributed by atoms with Gasteiger partial charge in [0.15, 0.2) is 0 Å². The first-order valence-electron chi connectivity index (χ1n) is 15.5. The van der Waals surface area contributed by atoms with E-state index in [-0.39, 0.29) is 30.1 Å². The van der Waals surface area contributed by atoms with Crippen molar-refractivity contribution in [2.45, 2.75) is 131 Å². The molecule has 41 heavy (non-hydrogen) atoms. The third kappa shape index (κ3) is 14.1. The highest BCUT2D eigenvalue weighted by molar-refractivity contribution is 5.76. The summed E-state index contributed by atoms with van der Waals surface area (Å²) in [7, 11) is 0. The summed E-state index contributed by atoms with van der Waals surface area (Å²) in [4.78, 5) is 16.3. The van der Waals surface area contributed by atoms with E-state index in [9.17, 15) is 9.90 Å². The Hall–Kier alpha value is -1.43. The number of aromatic nitrogens is 3. The number of carbonyl (C=O) groups is 1. The number of carbonyl (C=O) groups excluding carboxylic acids is 1. The Morgan fingerprint density at radius 1 is 1.10 bits per heavy atom. The molecule has 1 aliphatic rings. The molecule has 1 aromatic rings. The van der Waals surface area contributed by atoms with Crippen LogP contribution in [0.2, 0.25) is 0 Å². The average molecular weight is 584 g/mol. The van der Waals surface area contributed by atoms with Gasteiger partial charge in [-0.3, -0.25) is 9.69 Å². The van der Waals surface area contributed by atoms with Crippen LogP contribution in [-0.2, 0) is 32.0 Å². The minimum Gasteiger partial charge on any atom is -0.395 e. The Kier molecular flexibility index (Phi) is 16.2. The van der Waals surface area contributed by atoms with Gasteiger partial charge in [-0.1, -0.05) is 26.0 Å². The molecule has 1 saturated heterocycles. The predicted octanol–water partition coefficient (Wildman–Crippen LogP) is 3.99. The number of aliphatic hydroxyl groups is 1. The molecular weight excluding hydrogens is 522 g/mol. The maximum atomic E-state index is 11.4. The van der Waals surface area contributed by atoms with Crippen LogP contribution in [0.4, 0.5) is 0 Å². The summed E-state index contributed by atoms with van der Waals surface area (Å²) in [6, 6.07) is 0.168. The van der Waals surface area contributed by atoms with Crippen molar-refractivity contribution >= 4 is 5.78 Å². The third-order valence-corrected chi connectivity index (χ3v) is 7.50. The molecule has 0 spiro atoms. The van der Waals surface area contributed by atoms with Crippen LogP contribution in [0.1, 0.15) is 94.7 Å². The van der Waals surface area contributed by atoms with Crippen molar-refractivity contribution < 1.29 is 24.1 Å². The lowest BCUT2D eigenvalue weighted by Crippen LogP contribution is -2.61. The van der Waals surface area contributed by atoms with Gasteiger partial charge >= 0.3 is 0 Å². The van der Waals surface area contributed by atoms with Gasteiger partial charge in [0, 0.05) is 56.9 Å². The fourth-order valence-corrected chi connectivity index (χ4v) is 5.19. The van der Waals surface area contributed by atoms with Gasteiger partial charge in [0.1, 0.15) is 5.78 Å². The molecule has 10 nitrogen and oxygen atoms in total. The minimum atomic E-state index is -0.506. The molecule has 0 aromatic carbocycles. The predicted molar refractivity (Wildman–Crippen MR) is 164 cm³/mol. The van der Waals surface area contributed by atoms with Gasteiger partial charge < -0.3 is 24.2 Å². The number of rotatable bonds is 18. The number of hydrogen-bond donors (Lipinski definition) is 1. The topological polar surface area (TPSA) is 102 Å². The van der Waals surface area contributed by atoms with Gasteiger partial charge in [0.05, 0.1) is 49.4 Å². The van der Waals surface area contributed by atoms with Crippen LogP contribution >= 0.6 is 0 Å². The number of ether oxygens (including phenoxy) is 3. The van der Waals surface area contributed by atoms with E-state index in [1.165, 1.54) is 0 Å². The highest BCUT2D eigenvalue weighted by Crippen LogP contribution is 2.25. The Labute approximate surface area is 250 Å². The SMILES string of the molecule is CC.CCN1CCN(C(C)(C)CCOC(C)Cc2cn(CCOC(C)(C)COC(C)(C)CC(C)=O)nn2)C(CO)C1. The lowest BCUT2D eigenvalue weighted by atomic mass is 9.94. The summed E-state index contributed by atoms with van der Waals surface area (Å²) >= 11 is 0. The fourth-order valence-electron chi connectivity index (χ4n) is 5.19. The number of aliphatic hydroxyl groups excluding tert-OH is 1. The monoisotopic (exact) mass is 583 g/mol. The minimum absolute atomic E-state index is 0.0298. The summed E-state index contributed by atoms with van der Waals surface area (Å²) in [6.45, 7) is 28.4. The van der Waals surface area contributed by atoms with Crippen LogP contribution in [0.25, 0.3) is 0 Å². The maximum Gasteiger partial charge on any atom is 0.132 e. The molecule has 1 N–H and O–H groups in total. The molecule has 1 aromatic heterocycles. The molecule has 2 unspecified atom stereocenters. The van der Waals surface area contributed by atoms with Crippen LogP contribution in [0.5, 0.6) is 0 Å². The van der Waals surface area contributed by atoms with Gasteiger partial charge in [-0.05, 0) is 68.4 Å². The highest BCUT2D eigenvalue weighted by atomic mass is 16.6. The van der Waals surface area contributed by atoms with E-state index in [4.69, 9.17) is 14.2 Å². The van der Waals surface area contributed by atoms with Crippen molar-refractivity contribution in [3.63, 3.8) is 0 Å². The van der Waals surface area contributed by atoms with Crippen molar-refractivity contribution in [1.82, 2.24) is 24.8 Å². The number of hydrogen-bond acceptors (Lipinski definition) is 9. The molecule has 2 atom stereocenters. The zero-order valence-corrected chi connectivity index (χ0v) is 28.0. The second-order valence-corrected chi connectivity index (χ2v) is 12.9. The van der Waals surface area contributed by atoms with E-state index >= 15 is 0 Å². The van der Waals surface area contributed by atoms with Gasteiger partial charge in [-0.15, -0.1) is 5.10 Å². The van der Waals surface area contributed by atoms with Crippen molar-refractivity contribution in [3.8, 4) is 0 Å². The lowest BCUT2D eigenvalue weighted by molar-refractivity contribution is -0.137. The Morgan fingerprint density at radius 3 is 2.39 bits per heavy atom. The van der Waals surface area contributed by atoms with Crippen LogP contribution in [0, 0.1) is 0 Å². The highest BCUT2D eigenvalue weighted by Gasteiger charge is 2.36. The van der Waals surface area contributed by atoms with Crippen molar-refractivity contribution in [3.05, 3.63) is 11.9 Å². The van der Waals surface area contributed by atoms with E-state index in [1.54, 1.807) is 11.6 Å².